The first kappa shape index (κ1) is 13.3. The van der Waals surface area contributed by atoms with Gasteiger partial charge in [0.15, 0.2) is 5.13 Å². The smallest absolute Gasteiger partial charge is 0.350 e. The molecule has 1 heterocycles. The maximum Gasteiger partial charge on any atom is 0.350 e. The molecule has 1 aliphatic carbocycles. The lowest BCUT2D eigenvalue weighted by Gasteiger charge is -2.27. The Morgan fingerprint density at radius 2 is 2.28 bits per heavy atom. The molecule has 0 spiro atoms. The summed E-state index contributed by atoms with van der Waals surface area (Å²) in [5.41, 5.74) is 1.04. The SMILES string of the molecule is COC(=O)c1sc(NC2CCCC2(C)C)nc1C. The topological polar surface area (TPSA) is 51.2 Å². The number of thiazole rings is 1. The predicted molar refractivity (Wildman–Crippen MR) is 73.2 cm³/mol. The minimum Gasteiger partial charge on any atom is -0.465 e. The van der Waals surface area contributed by atoms with Crippen LogP contribution in [0, 0.1) is 12.3 Å². The quantitative estimate of drug-likeness (QED) is 0.855. The number of carbonyl (C=O) groups excluding carboxylic acids is 1. The number of nitrogens with one attached hydrogen (secondary N) is 1. The zero-order valence-corrected chi connectivity index (χ0v) is 12.2. The number of aryl methyl sites for hydroxylation is 1. The van der Waals surface area contributed by atoms with Gasteiger partial charge in [0.2, 0.25) is 0 Å². The number of hydrogen-bond acceptors (Lipinski definition) is 5. The fourth-order valence-corrected chi connectivity index (χ4v) is 3.42. The Kier molecular flexibility index (Phi) is 3.61. The predicted octanol–water partition coefficient (Wildman–Crippen LogP) is 3.23. The molecule has 1 aliphatic rings. The lowest BCUT2D eigenvalue weighted by Crippen LogP contribution is -2.30. The van der Waals surface area contributed by atoms with Crippen molar-refractivity contribution in [2.24, 2.45) is 5.41 Å². The molecule has 4 nitrogen and oxygen atoms in total. The van der Waals surface area contributed by atoms with Gasteiger partial charge in [0.25, 0.3) is 0 Å². The summed E-state index contributed by atoms with van der Waals surface area (Å²) in [4.78, 5) is 16.5. The van der Waals surface area contributed by atoms with Gasteiger partial charge >= 0.3 is 5.97 Å². The molecule has 5 heteroatoms. The molecule has 18 heavy (non-hydrogen) atoms. The largest absolute Gasteiger partial charge is 0.465 e. The van der Waals surface area contributed by atoms with Crippen molar-refractivity contribution in [3.63, 3.8) is 0 Å². The van der Waals surface area contributed by atoms with Crippen molar-refractivity contribution in [2.75, 3.05) is 12.4 Å². The molecule has 0 aromatic carbocycles. The Labute approximate surface area is 112 Å². The van der Waals surface area contributed by atoms with Gasteiger partial charge in [-0.25, -0.2) is 9.78 Å². The molecule has 1 unspecified atom stereocenters. The van der Waals surface area contributed by atoms with Gasteiger partial charge < -0.3 is 10.1 Å². The number of methoxy groups -OCH3 is 1. The highest BCUT2D eigenvalue weighted by atomic mass is 32.1. The van der Waals surface area contributed by atoms with E-state index in [2.05, 4.69) is 24.1 Å². The second-order valence-electron chi connectivity index (χ2n) is 5.50. The number of aromatic nitrogens is 1. The summed E-state index contributed by atoms with van der Waals surface area (Å²) in [6, 6.07) is 0.438. The summed E-state index contributed by atoms with van der Waals surface area (Å²) in [6.07, 6.45) is 3.65. The van der Waals surface area contributed by atoms with Crippen LogP contribution in [0.5, 0.6) is 0 Å². The molecular formula is C13H20N2O2S. The Bertz CT molecular complexity index is 454. The van der Waals surface area contributed by atoms with E-state index < -0.39 is 0 Å². The fourth-order valence-electron chi connectivity index (χ4n) is 2.48. The number of nitrogens with zero attached hydrogens (tertiary/aromatic N) is 1. The van der Waals surface area contributed by atoms with E-state index in [1.807, 2.05) is 6.92 Å². The average Bonchev–Trinajstić information content (AvgIpc) is 2.82. The summed E-state index contributed by atoms with van der Waals surface area (Å²) in [5.74, 6) is -0.302. The molecule has 0 aliphatic heterocycles. The Hall–Kier alpha value is -1.10. The van der Waals surface area contributed by atoms with Crippen LogP contribution in [-0.2, 0) is 4.74 Å². The minimum atomic E-state index is -0.302. The molecule has 0 saturated heterocycles. The third-order valence-electron chi connectivity index (χ3n) is 3.72. The van der Waals surface area contributed by atoms with Crippen molar-refractivity contribution in [3.05, 3.63) is 10.6 Å². The van der Waals surface area contributed by atoms with Crippen molar-refractivity contribution in [1.82, 2.24) is 4.98 Å². The molecule has 1 N–H and O–H groups in total. The van der Waals surface area contributed by atoms with Crippen molar-refractivity contribution < 1.29 is 9.53 Å². The van der Waals surface area contributed by atoms with Crippen LogP contribution in [-0.4, -0.2) is 24.1 Å². The molecule has 1 fully saturated rings. The number of esters is 1. The van der Waals surface area contributed by atoms with Crippen LogP contribution in [0.3, 0.4) is 0 Å². The summed E-state index contributed by atoms with van der Waals surface area (Å²) in [6.45, 7) is 6.40. The highest BCUT2D eigenvalue weighted by Crippen LogP contribution is 2.39. The first-order valence-electron chi connectivity index (χ1n) is 6.26. The van der Waals surface area contributed by atoms with E-state index in [9.17, 15) is 4.79 Å². The van der Waals surface area contributed by atoms with Crippen molar-refractivity contribution in [2.45, 2.75) is 46.1 Å². The second-order valence-corrected chi connectivity index (χ2v) is 6.50. The highest BCUT2D eigenvalue weighted by Gasteiger charge is 2.35. The zero-order valence-electron chi connectivity index (χ0n) is 11.4. The Balaban J connectivity index is 2.13. The molecule has 1 saturated carbocycles. The maximum absolute atomic E-state index is 11.5. The number of rotatable bonds is 3. The Morgan fingerprint density at radius 1 is 1.56 bits per heavy atom. The van der Waals surface area contributed by atoms with Crippen LogP contribution in [0.2, 0.25) is 0 Å². The standard InChI is InChI=1S/C13H20N2O2S/c1-8-10(11(16)17-4)18-12(14-8)15-9-6-5-7-13(9,2)3/h9H,5-7H2,1-4H3,(H,14,15). The van der Waals surface area contributed by atoms with Crippen molar-refractivity contribution in [1.29, 1.82) is 0 Å². The van der Waals surface area contributed by atoms with E-state index in [0.717, 1.165) is 10.8 Å². The summed E-state index contributed by atoms with van der Waals surface area (Å²) in [7, 11) is 1.40. The van der Waals surface area contributed by atoms with Crippen LogP contribution in [0.15, 0.2) is 0 Å². The van der Waals surface area contributed by atoms with Crippen LogP contribution in [0.25, 0.3) is 0 Å². The van der Waals surface area contributed by atoms with Crippen LogP contribution in [0.1, 0.15) is 48.5 Å². The lowest BCUT2D eigenvalue weighted by molar-refractivity contribution is 0.0605. The summed E-state index contributed by atoms with van der Waals surface area (Å²) >= 11 is 1.38. The third kappa shape index (κ3) is 2.51. The molecular weight excluding hydrogens is 248 g/mol. The van der Waals surface area contributed by atoms with E-state index in [-0.39, 0.29) is 5.97 Å². The Morgan fingerprint density at radius 3 is 2.83 bits per heavy atom. The number of carbonyl (C=O) groups is 1. The van der Waals surface area contributed by atoms with Gasteiger partial charge in [-0.15, -0.1) is 0 Å². The van der Waals surface area contributed by atoms with Crippen molar-refractivity contribution >= 4 is 22.4 Å². The first-order chi connectivity index (χ1) is 8.44. The number of hydrogen-bond donors (Lipinski definition) is 1. The normalized spacial score (nSPS) is 21.9. The van der Waals surface area contributed by atoms with E-state index in [0.29, 0.717) is 16.3 Å². The van der Waals surface area contributed by atoms with E-state index in [1.165, 1.54) is 37.7 Å². The van der Waals surface area contributed by atoms with Crippen molar-refractivity contribution in [3.8, 4) is 0 Å². The second kappa shape index (κ2) is 4.88. The van der Waals surface area contributed by atoms with Gasteiger partial charge in [-0.1, -0.05) is 31.6 Å². The lowest BCUT2D eigenvalue weighted by atomic mass is 9.87. The molecule has 1 aromatic heterocycles. The molecule has 2 rings (SSSR count). The molecule has 0 bridgehead atoms. The molecule has 1 atom stereocenters. The van der Waals surface area contributed by atoms with Crippen LogP contribution >= 0.6 is 11.3 Å². The molecule has 0 amide bonds. The van der Waals surface area contributed by atoms with E-state index in [4.69, 9.17) is 4.74 Å². The van der Waals surface area contributed by atoms with Gasteiger partial charge in [0.05, 0.1) is 12.8 Å². The molecule has 1 aromatic rings. The zero-order chi connectivity index (χ0) is 13.3. The summed E-state index contributed by atoms with van der Waals surface area (Å²) < 4.78 is 4.75. The highest BCUT2D eigenvalue weighted by molar-refractivity contribution is 7.17. The van der Waals surface area contributed by atoms with Gasteiger partial charge in [-0.3, -0.25) is 0 Å². The average molecular weight is 268 g/mol. The van der Waals surface area contributed by atoms with Gasteiger partial charge in [0, 0.05) is 6.04 Å². The maximum atomic E-state index is 11.5. The monoisotopic (exact) mass is 268 g/mol. The van der Waals surface area contributed by atoms with Gasteiger partial charge in [0.1, 0.15) is 4.88 Å². The summed E-state index contributed by atoms with van der Waals surface area (Å²) in [5, 5.41) is 4.30. The molecule has 0 radical (unpaired) electrons. The third-order valence-corrected chi connectivity index (χ3v) is 4.79. The number of ether oxygens (including phenoxy) is 1. The fraction of sp³-hybridized carbons (Fsp3) is 0.692. The van der Waals surface area contributed by atoms with Crippen LogP contribution in [0.4, 0.5) is 5.13 Å². The van der Waals surface area contributed by atoms with E-state index >= 15 is 0 Å². The first-order valence-corrected chi connectivity index (χ1v) is 7.08. The van der Waals surface area contributed by atoms with Gasteiger partial charge in [-0.05, 0) is 25.2 Å². The minimum absolute atomic E-state index is 0.297. The molecule has 100 valence electrons. The van der Waals surface area contributed by atoms with Crippen LogP contribution < -0.4 is 5.32 Å². The number of anilines is 1. The van der Waals surface area contributed by atoms with Gasteiger partial charge in [-0.2, -0.15) is 0 Å². The van der Waals surface area contributed by atoms with E-state index in [1.54, 1.807) is 0 Å².